The molecule has 0 fully saturated rings. The molecule has 5 aromatic carbocycles. The van der Waals surface area contributed by atoms with Crippen LogP contribution in [0.5, 0.6) is 0 Å². The van der Waals surface area contributed by atoms with Gasteiger partial charge in [0.2, 0.25) is 0 Å². The van der Waals surface area contributed by atoms with Crippen LogP contribution in [0.4, 0.5) is 0 Å². The first-order valence-corrected chi connectivity index (χ1v) is 12.7. The molecule has 38 heavy (non-hydrogen) atoms. The monoisotopic (exact) mass is 509 g/mol. The number of nitrogens with zero attached hydrogens (tertiary/aromatic N) is 3. The molecule has 0 atom stereocenters. The van der Waals surface area contributed by atoms with Gasteiger partial charge in [0.25, 0.3) is 0 Å². The molecule has 0 saturated carbocycles. The average Bonchev–Trinajstić information content (AvgIpc) is 3.35. The Hall–Kier alpha value is -4.80. The molecule has 7 rings (SSSR count). The van der Waals surface area contributed by atoms with Gasteiger partial charge in [0.15, 0.2) is 17.5 Å². The minimum absolute atomic E-state index is 0.540. The van der Waals surface area contributed by atoms with Crippen LogP contribution in [0.15, 0.2) is 126 Å². The number of aromatic nitrogens is 3. The standard InChI is InChI=1S/C33H20ClN3O/c34-25-19-27(30-26-16-7-8-17-28(26)38-29(30)20-25)33-36-31(22-12-5-2-6-13-22)35-32(37-33)24-15-9-14-23(18-24)21-10-3-1-4-11-21/h1-20H. The maximum atomic E-state index is 6.57. The Kier molecular flexibility index (Phi) is 5.46. The maximum absolute atomic E-state index is 6.57. The number of fused-ring (bicyclic) bond motifs is 3. The summed E-state index contributed by atoms with van der Waals surface area (Å²) in [6.45, 7) is 0. The van der Waals surface area contributed by atoms with E-state index in [0.29, 0.717) is 28.1 Å². The van der Waals surface area contributed by atoms with E-state index in [2.05, 4.69) is 24.3 Å². The lowest BCUT2D eigenvalue weighted by molar-refractivity contribution is 0.669. The summed E-state index contributed by atoms with van der Waals surface area (Å²) >= 11 is 6.57. The van der Waals surface area contributed by atoms with Crippen molar-refractivity contribution in [3.05, 3.63) is 126 Å². The van der Waals surface area contributed by atoms with E-state index in [9.17, 15) is 0 Å². The zero-order valence-electron chi connectivity index (χ0n) is 20.2. The summed E-state index contributed by atoms with van der Waals surface area (Å²) in [6.07, 6.45) is 0. The van der Waals surface area contributed by atoms with E-state index in [0.717, 1.165) is 44.2 Å². The Morgan fingerprint density at radius 3 is 1.87 bits per heavy atom. The average molecular weight is 510 g/mol. The molecule has 0 aliphatic rings. The Morgan fingerprint density at radius 2 is 1.08 bits per heavy atom. The molecule has 7 aromatic rings. The van der Waals surface area contributed by atoms with Gasteiger partial charge in [-0.2, -0.15) is 0 Å². The van der Waals surface area contributed by atoms with Gasteiger partial charge in [0.05, 0.1) is 0 Å². The smallest absolute Gasteiger partial charge is 0.164 e. The highest BCUT2D eigenvalue weighted by molar-refractivity contribution is 6.32. The summed E-state index contributed by atoms with van der Waals surface area (Å²) < 4.78 is 6.13. The van der Waals surface area contributed by atoms with Gasteiger partial charge < -0.3 is 4.42 Å². The third-order valence-corrected chi connectivity index (χ3v) is 6.80. The Balaban J connectivity index is 1.49. The zero-order valence-corrected chi connectivity index (χ0v) is 20.9. The minimum atomic E-state index is 0.540. The van der Waals surface area contributed by atoms with Crippen LogP contribution in [0, 0.1) is 0 Å². The van der Waals surface area contributed by atoms with Crippen molar-refractivity contribution in [3.8, 4) is 45.3 Å². The summed E-state index contributed by atoms with van der Waals surface area (Å²) in [5.41, 5.74) is 6.33. The Morgan fingerprint density at radius 1 is 0.474 bits per heavy atom. The van der Waals surface area contributed by atoms with Gasteiger partial charge in [0, 0.05) is 38.6 Å². The number of halogens is 1. The van der Waals surface area contributed by atoms with E-state index in [1.165, 1.54) is 0 Å². The summed E-state index contributed by atoms with van der Waals surface area (Å²) in [4.78, 5) is 14.8. The molecule has 5 heteroatoms. The number of para-hydroxylation sites is 1. The molecule has 0 radical (unpaired) electrons. The van der Waals surface area contributed by atoms with Crippen molar-refractivity contribution in [3.63, 3.8) is 0 Å². The number of benzene rings is 5. The molecule has 0 unspecified atom stereocenters. The molecular weight excluding hydrogens is 490 g/mol. The molecule has 2 aromatic heterocycles. The van der Waals surface area contributed by atoms with Gasteiger partial charge in [-0.15, -0.1) is 0 Å². The molecule has 4 nitrogen and oxygen atoms in total. The number of rotatable bonds is 4. The van der Waals surface area contributed by atoms with Gasteiger partial charge in [0.1, 0.15) is 11.2 Å². The molecule has 0 spiro atoms. The molecule has 0 aliphatic carbocycles. The first-order valence-electron chi connectivity index (χ1n) is 12.3. The quantitative estimate of drug-likeness (QED) is 0.237. The fourth-order valence-electron chi connectivity index (χ4n) is 4.81. The van der Waals surface area contributed by atoms with Crippen molar-refractivity contribution in [1.82, 2.24) is 15.0 Å². The molecule has 180 valence electrons. The first kappa shape index (κ1) is 22.4. The molecule has 0 aliphatic heterocycles. The topological polar surface area (TPSA) is 51.8 Å². The van der Waals surface area contributed by atoms with E-state index in [-0.39, 0.29) is 0 Å². The number of hydrogen-bond donors (Lipinski definition) is 0. The normalized spacial score (nSPS) is 11.3. The van der Waals surface area contributed by atoms with Crippen molar-refractivity contribution in [2.45, 2.75) is 0 Å². The second-order valence-corrected chi connectivity index (χ2v) is 9.48. The molecule has 0 amide bonds. The summed E-state index contributed by atoms with van der Waals surface area (Å²) in [5, 5.41) is 2.48. The predicted molar refractivity (Wildman–Crippen MR) is 154 cm³/mol. The fraction of sp³-hybridized carbons (Fsp3) is 0. The third-order valence-electron chi connectivity index (χ3n) is 6.58. The molecular formula is C33H20ClN3O. The van der Waals surface area contributed by atoms with Gasteiger partial charge in [-0.25, -0.2) is 15.0 Å². The molecule has 0 bridgehead atoms. The summed E-state index contributed by atoms with van der Waals surface area (Å²) in [7, 11) is 0. The maximum Gasteiger partial charge on any atom is 0.164 e. The van der Waals surface area contributed by atoms with Gasteiger partial charge in [-0.05, 0) is 29.3 Å². The van der Waals surface area contributed by atoms with E-state index >= 15 is 0 Å². The lowest BCUT2D eigenvalue weighted by Gasteiger charge is -2.10. The van der Waals surface area contributed by atoms with Crippen LogP contribution in [0.25, 0.3) is 67.2 Å². The molecule has 0 N–H and O–H groups in total. The van der Waals surface area contributed by atoms with Gasteiger partial charge in [-0.1, -0.05) is 109 Å². The second-order valence-electron chi connectivity index (χ2n) is 9.04. The van der Waals surface area contributed by atoms with Gasteiger partial charge in [-0.3, -0.25) is 0 Å². The highest BCUT2D eigenvalue weighted by Crippen LogP contribution is 2.38. The Bertz CT molecular complexity index is 1930. The number of hydrogen-bond acceptors (Lipinski definition) is 4. The van der Waals surface area contributed by atoms with Crippen molar-refractivity contribution >= 4 is 33.5 Å². The Labute approximate surface area is 224 Å². The van der Waals surface area contributed by atoms with Crippen LogP contribution < -0.4 is 0 Å². The van der Waals surface area contributed by atoms with Crippen molar-refractivity contribution in [2.75, 3.05) is 0 Å². The van der Waals surface area contributed by atoms with Crippen LogP contribution in [0.3, 0.4) is 0 Å². The molecule has 0 saturated heterocycles. The highest BCUT2D eigenvalue weighted by Gasteiger charge is 2.19. The van der Waals surface area contributed by atoms with Crippen molar-refractivity contribution in [1.29, 1.82) is 0 Å². The van der Waals surface area contributed by atoms with Gasteiger partial charge >= 0.3 is 0 Å². The van der Waals surface area contributed by atoms with Crippen molar-refractivity contribution in [2.24, 2.45) is 0 Å². The molecule has 2 heterocycles. The first-order chi connectivity index (χ1) is 18.7. The van der Waals surface area contributed by atoms with Crippen LogP contribution in [-0.4, -0.2) is 15.0 Å². The zero-order chi connectivity index (χ0) is 25.5. The van der Waals surface area contributed by atoms with E-state index in [1.54, 1.807) is 0 Å². The van der Waals surface area contributed by atoms with E-state index in [1.807, 2.05) is 97.1 Å². The van der Waals surface area contributed by atoms with Crippen LogP contribution in [0.1, 0.15) is 0 Å². The van der Waals surface area contributed by atoms with Crippen LogP contribution in [-0.2, 0) is 0 Å². The van der Waals surface area contributed by atoms with E-state index in [4.69, 9.17) is 31.0 Å². The lowest BCUT2D eigenvalue weighted by Crippen LogP contribution is -2.00. The third kappa shape index (κ3) is 4.01. The lowest BCUT2D eigenvalue weighted by atomic mass is 10.0. The highest BCUT2D eigenvalue weighted by atomic mass is 35.5. The summed E-state index contributed by atoms with van der Waals surface area (Å²) in [6, 6.07) is 40.2. The largest absolute Gasteiger partial charge is 0.456 e. The fourth-order valence-corrected chi connectivity index (χ4v) is 5.02. The van der Waals surface area contributed by atoms with Crippen molar-refractivity contribution < 1.29 is 4.42 Å². The minimum Gasteiger partial charge on any atom is -0.456 e. The SMILES string of the molecule is Clc1cc(-c2nc(-c3ccccc3)nc(-c3cccc(-c4ccccc4)c3)n2)c2c(c1)oc1ccccc12. The van der Waals surface area contributed by atoms with E-state index < -0.39 is 0 Å². The van der Waals surface area contributed by atoms with Crippen LogP contribution >= 0.6 is 11.6 Å². The van der Waals surface area contributed by atoms with Crippen LogP contribution in [0.2, 0.25) is 5.02 Å². The summed E-state index contributed by atoms with van der Waals surface area (Å²) in [5.74, 6) is 1.72. The number of furan rings is 1. The predicted octanol–water partition coefficient (Wildman–Crippen LogP) is 9.09. The second kappa shape index (κ2) is 9.25.